The van der Waals surface area contributed by atoms with Gasteiger partial charge in [-0.15, -0.1) is 11.3 Å². The summed E-state index contributed by atoms with van der Waals surface area (Å²) in [6.07, 6.45) is 2.75. The van der Waals surface area contributed by atoms with Crippen LogP contribution >= 0.6 is 11.3 Å². The summed E-state index contributed by atoms with van der Waals surface area (Å²) >= 11 is 1.28. The summed E-state index contributed by atoms with van der Waals surface area (Å²) in [6, 6.07) is 5.37. The number of aryl methyl sites for hydroxylation is 1. The second kappa shape index (κ2) is 4.49. The second-order valence-corrected chi connectivity index (χ2v) is 4.49. The first-order valence-electron chi connectivity index (χ1n) is 5.07. The summed E-state index contributed by atoms with van der Waals surface area (Å²) in [5.41, 5.74) is 0.986. The van der Waals surface area contributed by atoms with Crippen molar-refractivity contribution in [3.05, 3.63) is 29.3 Å². The van der Waals surface area contributed by atoms with Crippen LogP contribution in [0.4, 0.5) is 0 Å². The molecule has 0 saturated carbocycles. The summed E-state index contributed by atoms with van der Waals surface area (Å²) in [5, 5.41) is 13.1. The van der Waals surface area contributed by atoms with Gasteiger partial charge in [-0.2, -0.15) is 5.10 Å². The number of thiophene rings is 1. The van der Waals surface area contributed by atoms with E-state index in [9.17, 15) is 4.79 Å². The molecule has 0 saturated heterocycles. The van der Waals surface area contributed by atoms with Crippen molar-refractivity contribution in [2.75, 3.05) is 0 Å². The van der Waals surface area contributed by atoms with Crippen LogP contribution in [-0.2, 0) is 6.54 Å². The van der Waals surface area contributed by atoms with E-state index in [0.29, 0.717) is 4.88 Å². The lowest BCUT2D eigenvalue weighted by molar-refractivity contribution is 0.0702. The molecule has 0 aliphatic carbocycles. The largest absolute Gasteiger partial charge is 0.477 e. The van der Waals surface area contributed by atoms with Gasteiger partial charge in [0, 0.05) is 12.7 Å². The third-order valence-corrected chi connectivity index (χ3v) is 3.32. The maximum Gasteiger partial charge on any atom is 0.345 e. The van der Waals surface area contributed by atoms with Crippen LogP contribution in [0.25, 0.3) is 10.6 Å². The molecule has 2 heterocycles. The van der Waals surface area contributed by atoms with Crippen LogP contribution in [0, 0.1) is 0 Å². The molecule has 1 N–H and O–H groups in total. The summed E-state index contributed by atoms with van der Waals surface area (Å²) in [4.78, 5) is 12.1. The lowest BCUT2D eigenvalue weighted by Gasteiger charge is -2.02. The molecule has 5 heteroatoms. The Kier molecular flexibility index (Phi) is 3.05. The maximum absolute atomic E-state index is 10.8. The van der Waals surface area contributed by atoms with E-state index in [0.717, 1.165) is 23.5 Å². The van der Waals surface area contributed by atoms with E-state index >= 15 is 0 Å². The molecule has 0 fully saturated rings. The summed E-state index contributed by atoms with van der Waals surface area (Å²) in [7, 11) is 0. The minimum absolute atomic E-state index is 0.360. The lowest BCUT2D eigenvalue weighted by Crippen LogP contribution is -1.99. The molecule has 2 rings (SSSR count). The second-order valence-electron chi connectivity index (χ2n) is 3.41. The van der Waals surface area contributed by atoms with E-state index < -0.39 is 5.97 Å². The highest BCUT2D eigenvalue weighted by molar-refractivity contribution is 7.17. The molecular formula is C11H12N2O2S. The van der Waals surface area contributed by atoms with Crippen molar-refractivity contribution in [3.8, 4) is 10.6 Å². The number of carbonyl (C=O) groups is 1. The minimum atomic E-state index is -0.877. The normalized spacial score (nSPS) is 10.6. The summed E-state index contributed by atoms with van der Waals surface area (Å²) in [5.74, 6) is -0.877. The van der Waals surface area contributed by atoms with Gasteiger partial charge in [0.15, 0.2) is 0 Å². The van der Waals surface area contributed by atoms with Crippen LogP contribution in [0.5, 0.6) is 0 Å². The molecule has 16 heavy (non-hydrogen) atoms. The van der Waals surface area contributed by atoms with Gasteiger partial charge in [-0.1, -0.05) is 6.92 Å². The van der Waals surface area contributed by atoms with Crippen molar-refractivity contribution in [1.82, 2.24) is 9.78 Å². The Labute approximate surface area is 97.2 Å². The molecule has 0 spiro atoms. The summed E-state index contributed by atoms with van der Waals surface area (Å²) in [6.45, 7) is 2.94. The Hall–Kier alpha value is -1.62. The molecule has 2 aromatic rings. The van der Waals surface area contributed by atoms with Crippen LogP contribution in [0.1, 0.15) is 23.0 Å². The van der Waals surface area contributed by atoms with E-state index in [1.54, 1.807) is 12.3 Å². The van der Waals surface area contributed by atoms with Gasteiger partial charge in [0.2, 0.25) is 0 Å². The van der Waals surface area contributed by atoms with E-state index in [2.05, 4.69) is 12.0 Å². The first kappa shape index (κ1) is 10.9. The standard InChI is InChI=1S/C11H12N2O2S/c1-2-7-13-8(5-6-12-13)9-3-4-10(16-9)11(14)15/h3-6H,2,7H2,1H3,(H,14,15). The predicted molar refractivity (Wildman–Crippen MR) is 62.8 cm³/mol. The van der Waals surface area contributed by atoms with Crippen LogP contribution < -0.4 is 0 Å². The first-order chi connectivity index (χ1) is 7.72. The predicted octanol–water partition coefficient (Wildman–Crippen LogP) is 2.72. The third-order valence-electron chi connectivity index (χ3n) is 2.22. The topological polar surface area (TPSA) is 55.1 Å². The zero-order chi connectivity index (χ0) is 11.5. The zero-order valence-electron chi connectivity index (χ0n) is 8.88. The number of carboxylic acid groups (broad SMARTS) is 1. The van der Waals surface area contributed by atoms with Gasteiger partial charge in [-0.05, 0) is 24.6 Å². The van der Waals surface area contributed by atoms with Gasteiger partial charge < -0.3 is 5.11 Å². The molecule has 84 valence electrons. The Morgan fingerprint density at radius 3 is 2.94 bits per heavy atom. The Bertz CT molecular complexity index is 502. The Morgan fingerprint density at radius 2 is 2.31 bits per heavy atom. The Morgan fingerprint density at radius 1 is 1.50 bits per heavy atom. The molecule has 0 aliphatic rings. The molecule has 0 aromatic carbocycles. The van der Waals surface area contributed by atoms with E-state index in [4.69, 9.17) is 5.11 Å². The van der Waals surface area contributed by atoms with Crippen molar-refractivity contribution in [2.45, 2.75) is 19.9 Å². The smallest absolute Gasteiger partial charge is 0.345 e. The number of aromatic nitrogens is 2. The Balaban J connectivity index is 2.34. The molecule has 0 amide bonds. The molecule has 0 bridgehead atoms. The molecule has 0 atom stereocenters. The van der Waals surface area contributed by atoms with Gasteiger partial charge in [-0.3, -0.25) is 4.68 Å². The molecule has 4 nitrogen and oxygen atoms in total. The highest BCUT2D eigenvalue weighted by Gasteiger charge is 2.11. The summed E-state index contributed by atoms with van der Waals surface area (Å²) < 4.78 is 1.90. The molecule has 0 aliphatic heterocycles. The van der Waals surface area contributed by atoms with Gasteiger partial charge in [0.25, 0.3) is 0 Å². The third kappa shape index (κ3) is 1.99. The SMILES string of the molecule is CCCn1nccc1-c1ccc(C(=O)O)s1. The molecule has 0 unspecified atom stereocenters. The van der Waals surface area contributed by atoms with Crippen molar-refractivity contribution >= 4 is 17.3 Å². The van der Waals surface area contributed by atoms with Crippen LogP contribution in [-0.4, -0.2) is 20.9 Å². The van der Waals surface area contributed by atoms with Gasteiger partial charge in [0.1, 0.15) is 4.88 Å². The average molecular weight is 236 g/mol. The zero-order valence-corrected chi connectivity index (χ0v) is 9.70. The number of aromatic carboxylic acids is 1. The molecule has 2 aromatic heterocycles. The van der Waals surface area contributed by atoms with Gasteiger partial charge in [0.05, 0.1) is 10.6 Å². The first-order valence-corrected chi connectivity index (χ1v) is 5.89. The van der Waals surface area contributed by atoms with E-state index in [-0.39, 0.29) is 0 Å². The fourth-order valence-electron chi connectivity index (χ4n) is 1.52. The number of rotatable bonds is 4. The van der Waals surface area contributed by atoms with E-state index in [1.807, 2.05) is 16.8 Å². The fraction of sp³-hybridized carbons (Fsp3) is 0.273. The highest BCUT2D eigenvalue weighted by atomic mass is 32.1. The van der Waals surface area contributed by atoms with E-state index in [1.165, 1.54) is 11.3 Å². The minimum Gasteiger partial charge on any atom is -0.477 e. The van der Waals surface area contributed by atoms with Gasteiger partial charge in [-0.25, -0.2) is 4.79 Å². The molecule has 0 radical (unpaired) electrons. The quantitative estimate of drug-likeness (QED) is 0.888. The average Bonchev–Trinajstić information content (AvgIpc) is 2.84. The van der Waals surface area contributed by atoms with Crippen molar-refractivity contribution in [2.24, 2.45) is 0 Å². The number of hydrogen-bond acceptors (Lipinski definition) is 3. The van der Waals surface area contributed by atoms with Gasteiger partial charge >= 0.3 is 5.97 Å². The van der Waals surface area contributed by atoms with Crippen LogP contribution in [0.15, 0.2) is 24.4 Å². The lowest BCUT2D eigenvalue weighted by atomic mass is 10.3. The van der Waals surface area contributed by atoms with Crippen LogP contribution in [0.3, 0.4) is 0 Å². The molecular weight excluding hydrogens is 224 g/mol. The number of carboxylic acids is 1. The fourth-order valence-corrected chi connectivity index (χ4v) is 2.40. The monoisotopic (exact) mass is 236 g/mol. The number of nitrogens with zero attached hydrogens (tertiary/aromatic N) is 2. The van der Waals surface area contributed by atoms with Crippen molar-refractivity contribution in [1.29, 1.82) is 0 Å². The van der Waals surface area contributed by atoms with Crippen molar-refractivity contribution < 1.29 is 9.90 Å². The van der Waals surface area contributed by atoms with Crippen LogP contribution in [0.2, 0.25) is 0 Å². The van der Waals surface area contributed by atoms with Crippen molar-refractivity contribution in [3.63, 3.8) is 0 Å². The number of hydrogen-bond donors (Lipinski definition) is 1. The maximum atomic E-state index is 10.8. The highest BCUT2D eigenvalue weighted by Crippen LogP contribution is 2.27.